The molecule has 1 aromatic carbocycles. The lowest BCUT2D eigenvalue weighted by Gasteiger charge is -2.14. The third kappa shape index (κ3) is 8.01. The standard InChI is InChI=1S/C18H21ClF2N4O2.HI/c1-3-22-18(24-10-12-4-7-16(26-2)23-9-12)25-11-13-8-14(19)5-6-15(13)27-17(20)21;/h4-9,17H,3,10-11H2,1-2H3,(H2,22,24,25);1H. The fourth-order valence-corrected chi connectivity index (χ4v) is 2.41. The van der Waals surface area contributed by atoms with Crippen molar-refractivity contribution in [3.8, 4) is 11.6 Å². The quantitative estimate of drug-likeness (QED) is 0.306. The summed E-state index contributed by atoms with van der Waals surface area (Å²) in [5, 5.41) is 6.60. The first-order valence-corrected chi connectivity index (χ1v) is 8.64. The van der Waals surface area contributed by atoms with Crippen LogP contribution in [0.3, 0.4) is 0 Å². The van der Waals surface area contributed by atoms with E-state index in [2.05, 4.69) is 25.3 Å². The van der Waals surface area contributed by atoms with E-state index in [4.69, 9.17) is 16.3 Å². The van der Waals surface area contributed by atoms with Gasteiger partial charge in [0, 0.05) is 35.9 Å². The first kappa shape index (κ1) is 24.2. The molecule has 6 nitrogen and oxygen atoms in total. The second-order valence-corrected chi connectivity index (χ2v) is 5.82. The number of alkyl halides is 2. The Morgan fingerprint density at radius 3 is 2.64 bits per heavy atom. The Morgan fingerprint density at radius 2 is 2.04 bits per heavy atom. The number of rotatable bonds is 8. The van der Waals surface area contributed by atoms with Crippen LogP contribution >= 0.6 is 35.6 Å². The third-order valence-electron chi connectivity index (χ3n) is 3.46. The topological polar surface area (TPSA) is 67.8 Å². The highest BCUT2D eigenvalue weighted by Gasteiger charge is 2.11. The molecule has 0 fully saturated rings. The molecule has 0 aliphatic heterocycles. The zero-order valence-corrected chi connectivity index (χ0v) is 18.5. The van der Waals surface area contributed by atoms with Crippen molar-refractivity contribution in [2.75, 3.05) is 13.7 Å². The van der Waals surface area contributed by atoms with Crippen LogP contribution in [0, 0.1) is 0 Å². The van der Waals surface area contributed by atoms with Gasteiger partial charge in [0.15, 0.2) is 5.96 Å². The van der Waals surface area contributed by atoms with Gasteiger partial charge in [-0.05, 0) is 30.7 Å². The van der Waals surface area contributed by atoms with Crippen molar-refractivity contribution >= 4 is 41.5 Å². The molecular weight excluding hydrogens is 505 g/mol. The molecular formula is C18H22ClF2IN4O2. The maximum absolute atomic E-state index is 12.6. The van der Waals surface area contributed by atoms with Crippen molar-refractivity contribution in [2.45, 2.75) is 26.6 Å². The zero-order chi connectivity index (χ0) is 19.6. The normalized spacial score (nSPS) is 11.0. The average molecular weight is 527 g/mol. The van der Waals surface area contributed by atoms with E-state index in [1.54, 1.807) is 25.4 Å². The lowest BCUT2D eigenvalue weighted by atomic mass is 10.2. The molecule has 2 aromatic rings. The van der Waals surface area contributed by atoms with E-state index in [-0.39, 0.29) is 36.3 Å². The van der Waals surface area contributed by atoms with E-state index in [0.717, 1.165) is 5.56 Å². The van der Waals surface area contributed by atoms with Crippen molar-refractivity contribution < 1.29 is 18.3 Å². The third-order valence-corrected chi connectivity index (χ3v) is 3.69. The number of benzene rings is 1. The number of hydrogen-bond acceptors (Lipinski definition) is 4. The molecule has 0 saturated heterocycles. The predicted molar refractivity (Wildman–Crippen MR) is 116 cm³/mol. The summed E-state index contributed by atoms with van der Waals surface area (Å²) >= 11 is 5.96. The van der Waals surface area contributed by atoms with Gasteiger partial charge < -0.3 is 20.1 Å². The van der Waals surface area contributed by atoms with Gasteiger partial charge in [0.1, 0.15) is 5.75 Å². The van der Waals surface area contributed by atoms with Gasteiger partial charge in [-0.2, -0.15) is 8.78 Å². The molecule has 1 aromatic heterocycles. The molecule has 28 heavy (non-hydrogen) atoms. The first-order valence-electron chi connectivity index (χ1n) is 8.26. The maximum atomic E-state index is 12.6. The van der Waals surface area contributed by atoms with Crippen LogP contribution in [0.1, 0.15) is 18.1 Å². The van der Waals surface area contributed by atoms with E-state index in [9.17, 15) is 8.78 Å². The highest BCUT2D eigenvalue weighted by Crippen LogP contribution is 2.24. The number of nitrogens with zero attached hydrogens (tertiary/aromatic N) is 2. The summed E-state index contributed by atoms with van der Waals surface area (Å²) in [5.41, 5.74) is 1.40. The van der Waals surface area contributed by atoms with Gasteiger partial charge in [-0.15, -0.1) is 24.0 Å². The molecule has 0 aliphatic rings. The van der Waals surface area contributed by atoms with Crippen molar-refractivity contribution in [2.24, 2.45) is 4.99 Å². The summed E-state index contributed by atoms with van der Waals surface area (Å²) < 4.78 is 34.7. The molecule has 0 atom stereocenters. The number of ether oxygens (including phenoxy) is 2. The average Bonchev–Trinajstić information content (AvgIpc) is 2.66. The van der Waals surface area contributed by atoms with Crippen molar-refractivity contribution in [1.29, 1.82) is 0 Å². The molecule has 2 N–H and O–H groups in total. The number of guanidine groups is 1. The highest BCUT2D eigenvalue weighted by atomic mass is 127. The second kappa shape index (κ2) is 12.6. The van der Waals surface area contributed by atoms with E-state index in [0.29, 0.717) is 35.5 Å². The van der Waals surface area contributed by atoms with Crippen LogP contribution < -0.4 is 20.1 Å². The van der Waals surface area contributed by atoms with Crippen molar-refractivity contribution in [1.82, 2.24) is 15.6 Å². The number of pyridine rings is 1. The number of aromatic nitrogens is 1. The molecule has 0 spiro atoms. The van der Waals surface area contributed by atoms with Crippen LogP contribution in [0.15, 0.2) is 41.5 Å². The minimum atomic E-state index is -2.91. The van der Waals surface area contributed by atoms with Gasteiger partial charge in [0.2, 0.25) is 5.88 Å². The van der Waals surface area contributed by atoms with E-state index < -0.39 is 6.61 Å². The van der Waals surface area contributed by atoms with Crippen LogP contribution in [0.5, 0.6) is 11.6 Å². The summed E-state index contributed by atoms with van der Waals surface area (Å²) in [7, 11) is 1.55. The Balaban J connectivity index is 0.00000392. The number of halogens is 4. The second-order valence-electron chi connectivity index (χ2n) is 5.39. The summed E-state index contributed by atoms with van der Waals surface area (Å²) in [6.45, 7) is 0.270. The van der Waals surface area contributed by atoms with Gasteiger partial charge in [0.05, 0.1) is 13.7 Å². The van der Waals surface area contributed by atoms with Gasteiger partial charge in [0.25, 0.3) is 0 Å². The first-order chi connectivity index (χ1) is 13.0. The van der Waals surface area contributed by atoms with Gasteiger partial charge in [-0.25, -0.2) is 9.98 Å². The molecule has 0 amide bonds. The van der Waals surface area contributed by atoms with Crippen LogP contribution in [0.4, 0.5) is 8.78 Å². The number of aliphatic imine (C=N–C) groups is 1. The largest absolute Gasteiger partial charge is 0.481 e. The Labute approximate surface area is 184 Å². The van der Waals surface area contributed by atoms with Crippen LogP contribution in [-0.2, 0) is 13.1 Å². The molecule has 0 saturated carbocycles. The molecule has 0 aliphatic carbocycles. The maximum Gasteiger partial charge on any atom is 0.387 e. The smallest absolute Gasteiger partial charge is 0.387 e. The Bertz CT molecular complexity index is 764. The molecule has 2 rings (SSSR count). The fourth-order valence-electron chi connectivity index (χ4n) is 2.21. The Kier molecular flexibility index (Phi) is 10.8. The van der Waals surface area contributed by atoms with Gasteiger partial charge >= 0.3 is 6.61 Å². The predicted octanol–water partition coefficient (Wildman–Crippen LogP) is 4.22. The van der Waals surface area contributed by atoms with Crippen LogP contribution in [0.2, 0.25) is 5.02 Å². The van der Waals surface area contributed by atoms with Crippen LogP contribution in [-0.4, -0.2) is 31.2 Å². The Hall–Kier alpha value is -1.88. The monoisotopic (exact) mass is 526 g/mol. The minimum absolute atomic E-state index is 0. The van der Waals surface area contributed by atoms with Crippen molar-refractivity contribution in [3.63, 3.8) is 0 Å². The molecule has 0 radical (unpaired) electrons. The number of hydrogen-bond donors (Lipinski definition) is 2. The van der Waals surface area contributed by atoms with Gasteiger partial charge in [-0.1, -0.05) is 17.7 Å². The summed E-state index contributed by atoms with van der Waals surface area (Å²) in [5.74, 6) is 1.12. The number of nitrogens with one attached hydrogen (secondary N) is 2. The summed E-state index contributed by atoms with van der Waals surface area (Å²) in [6.07, 6.45) is 1.68. The molecule has 154 valence electrons. The van der Waals surface area contributed by atoms with Gasteiger partial charge in [-0.3, -0.25) is 0 Å². The zero-order valence-electron chi connectivity index (χ0n) is 15.4. The van der Waals surface area contributed by atoms with E-state index in [1.807, 2.05) is 13.0 Å². The lowest BCUT2D eigenvalue weighted by molar-refractivity contribution is -0.0504. The van der Waals surface area contributed by atoms with E-state index >= 15 is 0 Å². The van der Waals surface area contributed by atoms with E-state index in [1.165, 1.54) is 12.1 Å². The van der Waals surface area contributed by atoms with Crippen LogP contribution in [0.25, 0.3) is 0 Å². The summed E-state index contributed by atoms with van der Waals surface area (Å²) in [4.78, 5) is 8.59. The van der Waals surface area contributed by atoms with Crippen molar-refractivity contribution in [3.05, 3.63) is 52.7 Å². The Morgan fingerprint density at radius 1 is 1.25 bits per heavy atom. The molecule has 0 bridgehead atoms. The fraction of sp³-hybridized carbons (Fsp3) is 0.333. The number of methoxy groups -OCH3 is 1. The SMILES string of the molecule is CCNC(=NCc1ccc(OC)nc1)NCc1cc(Cl)ccc1OC(F)F.I. The lowest BCUT2D eigenvalue weighted by Crippen LogP contribution is -2.36. The summed E-state index contributed by atoms with van der Waals surface area (Å²) in [6, 6.07) is 8.11. The molecule has 1 heterocycles. The molecule has 0 unspecified atom stereocenters. The molecule has 10 heteroatoms. The highest BCUT2D eigenvalue weighted by molar-refractivity contribution is 14.0. The minimum Gasteiger partial charge on any atom is -0.481 e.